The lowest BCUT2D eigenvalue weighted by atomic mass is 9.74. The molecule has 3 fully saturated rings. The lowest BCUT2D eigenvalue weighted by molar-refractivity contribution is -0.146. The Balaban J connectivity index is 1.61. The molecule has 4 unspecified atom stereocenters. The molecule has 0 aromatic carbocycles. The number of carboxylic acids is 1. The molecule has 0 radical (unpaired) electrons. The molecule has 0 aromatic rings. The number of aliphatic carboxylic acids is 1. The molecule has 2 aliphatic heterocycles. The SMILES string of the molecule is O=C(/C=C/C1CCCS1)NC1SOCC(C2CCCCC2)C1C(=O)O. The fourth-order valence-electron chi connectivity index (χ4n) is 4.13. The van der Waals surface area contributed by atoms with Crippen LogP contribution in [0.25, 0.3) is 0 Å². The molecular formula is C18H27NO4S2. The highest BCUT2D eigenvalue weighted by Crippen LogP contribution is 2.41. The first-order valence-corrected chi connectivity index (χ1v) is 11.1. The molecule has 0 spiro atoms. The molecule has 1 amide bonds. The largest absolute Gasteiger partial charge is 0.481 e. The zero-order valence-electron chi connectivity index (χ0n) is 14.4. The molecule has 1 saturated carbocycles. The van der Waals surface area contributed by atoms with E-state index in [1.54, 1.807) is 6.08 Å². The number of carbonyl (C=O) groups excluding carboxylic acids is 1. The van der Waals surface area contributed by atoms with Gasteiger partial charge in [-0.2, -0.15) is 11.8 Å². The molecular weight excluding hydrogens is 358 g/mol. The third kappa shape index (κ3) is 5.17. The second-order valence-electron chi connectivity index (χ2n) is 7.15. The maximum atomic E-state index is 12.3. The van der Waals surface area contributed by atoms with Crippen LogP contribution in [-0.4, -0.2) is 40.0 Å². The summed E-state index contributed by atoms with van der Waals surface area (Å²) in [5.41, 5.74) is 0. The maximum Gasteiger partial charge on any atom is 0.309 e. The average Bonchev–Trinajstić information content (AvgIpc) is 3.14. The highest BCUT2D eigenvalue weighted by atomic mass is 32.2. The first-order chi connectivity index (χ1) is 12.1. The van der Waals surface area contributed by atoms with Gasteiger partial charge in [0, 0.05) is 29.3 Å². The van der Waals surface area contributed by atoms with Gasteiger partial charge in [0.1, 0.15) is 5.37 Å². The van der Waals surface area contributed by atoms with Crippen molar-refractivity contribution in [3.05, 3.63) is 12.2 Å². The predicted octanol–water partition coefficient (Wildman–Crippen LogP) is 3.46. The average molecular weight is 386 g/mol. The molecule has 140 valence electrons. The molecule has 2 N–H and O–H groups in total. The van der Waals surface area contributed by atoms with E-state index in [9.17, 15) is 14.7 Å². The number of hydrogen-bond acceptors (Lipinski definition) is 5. The molecule has 1 aliphatic carbocycles. The van der Waals surface area contributed by atoms with Crippen molar-refractivity contribution < 1.29 is 18.9 Å². The zero-order chi connectivity index (χ0) is 17.6. The van der Waals surface area contributed by atoms with Crippen molar-refractivity contribution in [3.8, 4) is 0 Å². The molecule has 2 saturated heterocycles. The van der Waals surface area contributed by atoms with Crippen molar-refractivity contribution in [2.75, 3.05) is 12.4 Å². The normalized spacial score (nSPS) is 34.2. The van der Waals surface area contributed by atoms with Crippen LogP contribution in [0.3, 0.4) is 0 Å². The summed E-state index contributed by atoms with van der Waals surface area (Å²) in [5.74, 6) is -0.108. The van der Waals surface area contributed by atoms with Gasteiger partial charge in [0.2, 0.25) is 5.91 Å². The van der Waals surface area contributed by atoms with Gasteiger partial charge in [-0.25, -0.2) is 0 Å². The van der Waals surface area contributed by atoms with Crippen LogP contribution in [0.2, 0.25) is 0 Å². The van der Waals surface area contributed by atoms with Crippen LogP contribution in [-0.2, 0) is 13.8 Å². The van der Waals surface area contributed by atoms with Crippen molar-refractivity contribution >= 4 is 35.7 Å². The van der Waals surface area contributed by atoms with Gasteiger partial charge in [-0.3, -0.25) is 9.59 Å². The van der Waals surface area contributed by atoms with Crippen LogP contribution in [0.5, 0.6) is 0 Å². The van der Waals surface area contributed by atoms with Crippen LogP contribution < -0.4 is 5.32 Å². The van der Waals surface area contributed by atoms with Gasteiger partial charge in [-0.1, -0.05) is 38.2 Å². The third-order valence-electron chi connectivity index (χ3n) is 5.47. The second kappa shape index (κ2) is 9.33. The van der Waals surface area contributed by atoms with E-state index in [-0.39, 0.29) is 11.8 Å². The first-order valence-electron chi connectivity index (χ1n) is 9.26. The minimum atomic E-state index is -0.827. The van der Waals surface area contributed by atoms with E-state index < -0.39 is 17.3 Å². The van der Waals surface area contributed by atoms with E-state index in [0.717, 1.165) is 37.1 Å². The Kier molecular flexibility index (Phi) is 7.13. The Bertz CT molecular complexity index is 501. The fraction of sp³-hybridized carbons (Fsp3) is 0.778. The van der Waals surface area contributed by atoms with Crippen LogP contribution in [0.15, 0.2) is 12.2 Å². The smallest absolute Gasteiger partial charge is 0.309 e. The van der Waals surface area contributed by atoms with Gasteiger partial charge in [0.05, 0.1) is 12.5 Å². The van der Waals surface area contributed by atoms with Gasteiger partial charge < -0.3 is 14.6 Å². The van der Waals surface area contributed by atoms with E-state index in [0.29, 0.717) is 17.8 Å². The van der Waals surface area contributed by atoms with E-state index >= 15 is 0 Å². The Labute approximate surface area is 157 Å². The number of carbonyl (C=O) groups is 2. The molecule has 3 rings (SSSR count). The first kappa shape index (κ1) is 19.1. The molecule has 4 atom stereocenters. The standard InChI is InChI=1S/C18H27NO4S2/c20-15(9-8-13-7-4-10-24-13)19-17-16(18(21)22)14(11-23-25-17)12-5-2-1-3-6-12/h8-9,12-14,16-17H,1-7,10-11H2,(H,19,20)(H,21,22)/b9-8+. The fourth-order valence-corrected chi connectivity index (χ4v) is 6.28. The molecule has 0 aromatic heterocycles. The number of hydrogen-bond donors (Lipinski definition) is 2. The number of amides is 1. The Morgan fingerprint density at radius 3 is 2.60 bits per heavy atom. The van der Waals surface area contributed by atoms with Gasteiger partial charge in [0.15, 0.2) is 0 Å². The van der Waals surface area contributed by atoms with Crippen LogP contribution in [0.4, 0.5) is 0 Å². The van der Waals surface area contributed by atoms with Crippen LogP contribution in [0, 0.1) is 17.8 Å². The number of thioether (sulfide) groups is 1. The Hall–Kier alpha value is -0.660. The van der Waals surface area contributed by atoms with Crippen LogP contribution in [0.1, 0.15) is 44.9 Å². The summed E-state index contributed by atoms with van der Waals surface area (Å²) in [4.78, 5) is 24.2. The van der Waals surface area contributed by atoms with E-state index in [1.807, 2.05) is 17.8 Å². The lowest BCUT2D eigenvalue weighted by Gasteiger charge is -2.40. The van der Waals surface area contributed by atoms with Gasteiger partial charge in [-0.15, -0.1) is 0 Å². The number of nitrogens with one attached hydrogen (secondary N) is 1. The number of rotatable bonds is 5. The van der Waals surface area contributed by atoms with Gasteiger partial charge >= 0.3 is 5.97 Å². The quantitative estimate of drug-likeness (QED) is 0.558. The maximum absolute atomic E-state index is 12.3. The topological polar surface area (TPSA) is 75.6 Å². The van der Waals surface area contributed by atoms with E-state index in [4.69, 9.17) is 4.18 Å². The zero-order valence-corrected chi connectivity index (χ0v) is 16.0. The minimum Gasteiger partial charge on any atom is -0.481 e. The summed E-state index contributed by atoms with van der Waals surface area (Å²) in [6.45, 7) is 0.465. The molecule has 3 aliphatic rings. The third-order valence-corrected chi connectivity index (χ3v) is 7.71. The van der Waals surface area contributed by atoms with Crippen LogP contribution >= 0.6 is 23.8 Å². The van der Waals surface area contributed by atoms with Crippen molar-refractivity contribution in [1.82, 2.24) is 5.32 Å². The van der Waals surface area contributed by atoms with Crippen molar-refractivity contribution in [3.63, 3.8) is 0 Å². The molecule has 25 heavy (non-hydrogen) atoms. The summed E-state index contributed by atoms with van der Waals surface area (Å²) >= 11 is 2.97. The Morgan fingerprint density at radius 1 is 1.12 bits per heavy atom. The summed E-state index contributed by atoms with van der Waals surface area (Å²) in [7, 11) is 0. The summed E-state index contributed by atoms with van der Waals surface area (Å²) in [6, 6.07) is 0. The van der Waals surface area contributed by atoms with Crippen molar-refractivity contribution in [2.24, 2.45) is 17.8 Å². The lowest BCUT2D eigenvalue weighted by Crippen LogP contribution is -2.50. The van der Waals surface area contributed by atoms with Crippen molar-refractivity contribution in [1.29, 1.82) is 0 Å². The highest BCUT2D eigenvalue weighted by molar-refractivity contribution is 8.00. The summed E-state index contributed by atoms with van der Waals surface area (Å²) in [5, 5.41) is 12.5. The van der Waals surface area contributed by atoms with E-state index in [1.165, 1.54) is 25.7 Å². The second-order valence-corrected chi connectivity index (χ2v) is 9.43. The molecule has 5 nitrogen and oxygen atoms in total. The number of carboxylic acid groups (broad SMARTS) is 1. The monoisotopic (exact) mass is 385 g/mol. The van der Waals surface area contributed by atoms with Gasteiger partial charge in [-0.05, 0) is 24.5 Å². The van der Waals surface area contributed by atoms with Crippen molar-refractivity contribution in [2.45, 2.75) is 55.6 Å². The highest BCUT2D eigenvalue weighted by Gasteiger charge is 2.44. The predicted molar refractivity (Wildman–Crippen MR) is 101 cm³/mol. The summed E-state index contributed by atoms with van der Waals surface area (Å²) < 4.78 is 5.62. The van der Waals surface area contributed by atoms with E-state index in [2.05, 4.69) is 5.32 Å². The molecule has 2 heterocycles. The summed E-state index contributed by atoms with van der Waals surface area (Å²) in [6.07, 6.45) is 11.5. The molecule has 7 heteroatoms. The Morgan fingerprint density at radius 2 is 1.92 bits per heavy atom. The van der Waals surface area contributed by atoms with Gasteiger partial charge in [0.25, 0.3) is 0 Å². The minimum absolute atomic E-state index is 0.0151. The molecule has 0 bridgehead atoms.